The summed E-state index contributed by atoms with van der Waals surface area (Å²) in [6.45, 7) is 2.24. The third kappa shape index (κ3) is 2.14. The summed E-state index contributed by atoms with van der Waals surface area (Å²) in [5.41, 5.74) is 3.98. The van der Waals surface area contributed by atoms with Crippen molar-refractivity contribution in [3.05, 3.63) is 41.6 Å². The normalized spacial score (nSPS) is 17.2. The molecule has 1 aliphatic rings. The van der Waals surface area contributed by atoms with Crippen LogP contribution in [0.4, 0.5) is 0 Å². The molecule has 1 heterocycles. The lowest BCUT2D eigenvalue weighted by Gasteiger charge is -2.22. The van der Waals surface area contributed by atoms with Crippen LogP contribution in [0.1, 0.15) is 56.2 Å². The number of hydrogen-bond donors (Lipinski definition) is 0. The van der Waals surface area contributed by atoms with Crippen LogP contribution in [0.15, 0.2) is 30.3 Å². The van der Waals surface area contributed by atoms with Crippen LogP contribution >= 0.6 is 0 Å². The molecular weight excluding hydrogens is 218 g/mol. The number of aryl methyl sites for hydroxylation is 1. The standard InChI is InChI=1S/C17H21N/c1-2-13-12-17(14-8-4-3-5-9-14)18-16-11-7-6-10-15(13)16/h6-7,10-12,14H,2-5,8-9H2,1H3. The van der Waals surface area contributed by atoms with Gasteiger partial charge in [-0.15, -0.1) is 0 Å². The average Bonchev–Trinajstić information content (AvgIpc) is 2.47. The molecule has 94 valence electrons. The Morgan fingerprint density at radius 3 is 2.67 bits per heavy atom. The summed E-state index contributed by atoms with van der Waals surface area (Å²) < 4.78 is 0. The van der Waals surface area contributed by atoms with Crippen molar-refractivity contribution in [1.82, 2.24) is 4.98 Å². The number of aromatic nitrogens is 1. The zero-order valence-corrected chi connectivity index (χ0v) is 11.2. The van der Waals surface area contributed by atoms with Gasteiger partial charge >= 0.3 is 0 Å². The van der Waals surface area contributed by atoms with E-state index in [1.807, 2.05) is 0 Å². The quantitative estimate of drug-likeness (QED) is 0.730. The molecule has 1 saturated carbocycles. The number of fused-ring (bicyclic) bond motifs is 1. The van der Waals surface area contributed by atoms with E-state index in [1.165, 1.54) is 54.3 Å². The first-order valence-corrected chi connectivity index (χ1v) is 7.27. The first-order valence-electron chi connectivity index (χ1n) is 7.27. The van der Waals surface area contributed by atoms with E-state index in [9.17, 15) is 0 Å². The average molecular weight is 239 g/mol. The Kier molecular flexibility index (Phi) is 3.31. The Hall–Kier alpha value is -1.37. The number of pyridine rings is 1. The number of hydrogen-bond acceptors (Lipinski definition) is 1. The molecule has 0 N–H and O–H groups in total. The molecule has 0 atom stereocenters. The molecule has 0 amide bonds. The second-order valence-corrected chi connectivity index (χ2v) is 5.41. The predicted octanol–water partition coefficient (Wildman–Crippen LogP) is 4.84. The Morgan fingerprint density at radius 1 is 1.11 bits per heavy atom. The maximum Gasteiger partial charge on any atom is 0.0708 e. The fraction of sp³-hybridized carbons (Fsp3) is 0.471. The third-order valence-electron chi connectivity index (χ3n) is 4.23. The monoisotopic (exact) mass is 239 g/mol. The van der Waals surface area contributed by atoms with Crippen molar-refractivity contribution in [3.8, 4) is 0 Å². The van der Waals surface area contributed by atoms with Crippen molar-refractivity contribution in [3.63, 3.8) is 0 Å². The van der Waals surface area contributed by atoms with Crippen molar-refractivity contribution < 1.29 is 0 Å². The zero-order chi connectivity index (χ0) is 12.4. The molecule has 1 aliphatic carbocycles. The zero-order valence-electron chi connectivity index (χ0n) is 11.2. The molecule has 0 spiro atoms. The Labute approximate surface area is 109 Å². The Bertz CT molecular complexity index is 538. The lowest BCUT2D eigenvalue weighted by Crippen LogP contribution is -2.07. The molecule has 1 nitrogen and oxygen atoms in total. The van der Waals surface area contributed by atoms with Crippen LogP contribution in [0.25, 0.3) is 10.9 Å². The van der Waals surface area contributed by atoms with Crippen LogP contribution in [-0.4, -0.2) is 4.98 Å². The minimum atomic E-state index is 0.702. The van der Waals surface area contributed by atoms with Crippen molar-refractivity contribution >= 4 is 10.9 Å². The maximum absolute atomic E-state index is 4.91. The minimum Gasteiger partial charge on any atom is -0.253 e. The van der Waals surface area contributed by atoms with Gasteiger partial charge in [0.25, 0.3) is 0 Å². The van der Waals surface area contributed by atoms with E-state index < -0.39 is 0 Å². The van der Waals surface area contributed by atoms with Gasteiger partial charge < -0.3 is 0 Å². The van der Waals surface area contributed by atoms with Crippen LogP contribution in [0.3, 0.4) is 0 Å². The molecule has 2 aromatic rings. The molecule has 0 saturated heterocycles. The summed E-state index contributed by atoms with van der Waals surface area (Å²) in [6.07, 6.45) is 7.91. The third-order valence-corrected chi connectivity index (χ3v) is 4.23. The van der Waals surface area contributed by atoms with Crippen LogP contribution < -0.4 is 0 Å². The molecule has 1 aromatic carbocycles. The molecule has 1 heteroatoms. The Balaban J connectivity index is 2.07. The summed E-state index contributed by atoms with van der Waals surface area (Å²) in [4.78, 5) is 4.91. The van der Waals surface area contributed by atoms with Gasteiger partial charge in [0.1, 0.15) is 0 Å². The van der Waals surface area contributed by atoms with E-state index >= 15 is 0 Å². The molecule has 1 fully saturated rings. The number of nitrogens with zero attached hydrogens (tertiary/aromatic N) is 1. The first-order chi connectivity index (χ1) is 8.88. The van der Waals surface area contributed by atoms with E-state index in [-0.39, 0.29) is 0 Å². The molecule has 0 unspecified atom stereocenters. The molecule has 3 rings (SSSR count). The number of benzene rings is 1. The lowest BCUT2D eigenvalue weighted by atomic mass is 9.86. The van der Waals surface area contributed by atoms with Gasteiger partial charge in [0.2, 0.25) is 0 Å². The number of rotatable bonds is 2. The first kappa shape index (κ1) is 11.7. The van der Waals surface area contributed by atoms with E-state index in [1.54, 1.807) is 0 Å². The summed E-state index contributed by atoms with van der Waals surface area (Å²) >= 11 is 0. The fourth-order valence-electron chi connectivity index (χ4n) is 3.17. The summed E-state index contributed by atoms with van der Waals surface area (Å²) in [5.74, 6) is 0.702. The largest absolute Gasteiger partial charge is 0.253 e. The second-order valence-electron chi connectivity index (χ2n) is 5.41. The van der Waals surface area contributed by atoms with Gasteiger partial charge in [-0.3, -0.25) is 4.98 Å². The van der Waals surface area contributed by atoms with Gasteiger partial charge in [0, 0.05) is 17.0 Å². The van der Waals surface area contributed by atoms with Crippen molar-refractivity contribution in [2.75, 3.05) is 0 Å². The van der Waals surface area contributed by atoms with Crippen LogP contribution in [0, 0.1) is 0 Å². The predicted molar refractivity (Wildman–Crippen MR) is 76.9 cm³/mol. The summed E-state index contributed by atoms with van der Waals surface area (Å²) in [6, 6.07) is 10.9. The van der Waals surface area contributed by atoms with Crippen molar-refractivity contribution in [2.24, 2.45) is 0 Å². The highest BCUT2D eigenvalue weighted by Gasteiger charge is 2.17. The van der Waals surface area contributed by atoms with Gasteiger partial charge in [-0.25, -0.2) is 0 Å². The van der Waals surface area contributed by atoms with E-state index in [0.717, 1.165) is 6.42 Å². The molecular formula is C17H21N. The topological polar surface area (TPSA) is 12.9 Å². The van der Waals surface area contributed by atoms with Crippen molar-refractivity contribution in [1.29, 1.82) is 0 Å². The molecule has 18 heavy (non-hydrogen) atoms. The highest BCUT2D eigenvalue weighted by atomic mass is 14.7. The van der Waals surface area contributed by atoms with E-state index in [4.69, 9.17) is 4.98 Å². The number of para-hydroxylation sites is 1. The molecule has 0 radical (unpaired) electrons. The van der Waals surface area contributed by atoms with Crippen LogP contribution in [0.2, 0.25) is 0 Å². The van der Waals surface area contributed by atoms with Gasteiger partial charge in [-0.1, -0.05) is 44.4 Å². The fourth-order valence-corrected chi connectivity index (χ4v) is 3.17. The van der Waals surface area contributed by atoms with Crippen molar-refractivity contribution in [2.45, 2.75) is 51.4 Å². The SMILES string of the molecule is CCc1cc(C2CCCCC2)nc2ccccc12. The van der Waals surface area contributed by atoms with Crippen LogP contribution in [0.5, 0.6) is 0 Å². The van der Waals surface area contributed by atoms with Gasteiger partial charge in [-0.2, -0.15) is 0 Å². The smallest absolute Gasteiger partial charge is 0.0708 e. The van der Waals surface area contributed by atoms with E-state index in [2.05, 4.69) is 37.3 Å². The highest BCUT2D eigenvalue weighted by Crippen LogP contribution is 2.33. The van der Waals surface area contributed by atoms with Gasteiger partial charge in [0.15, 0.2) is 0 Å². The maximum atomic E-state index is 4.91. The minimum absolute atomic E-state index is 0.702. The lowest BCUT2D eigenvalue weighted by molar-refractivity contribution is 0.437. The van der Waals surface area contributed by atoms with Crippen LogP contribution in [-0.2, 0) is 6.42 Å². The van der Waals surface area contributed by atoms with Gasteiger partial charge in [0.05, 0.1) is 5.52 Å². The summed E-state index contributed by atoms with van der Waals surface area (Å²) in [7, 11) is 0. The van der Waals surface area contributed by atoms with Gasteiger partial charge in [-0.05, 0) is 37.0 Å². The van der Waals surface area contributed by atoms with E-state index in [0.29, 0.717) is 5.92 Å². The summed E-state index contributed by atoms with van der Waals surface area (Å²) in [5, 5.41) is 1.33. The molecule has 0 aliphatic heterocycles. The molecule has 1 aromatic heterocycles. The molecule has 0 bridgehead atoms. The Morgan fingerprint density at radius 2 is 1.89 bits per heavy atom. The highest BCUT2D eigenvalue weighted by molar-refractivity contribution is 5.82. The second kappa shape index (κ2) is 5.09.